The molecular weight excluding hydrogens is 251 g/mol. The van der Waals surface area contributed by atoms with Crippen molar-refractivity contribution < 1.29 is 14.0 Å². The van der Waals surface area contributed by atoms with E-state index in [2.05, 4.69) is 15.2 Å². The van der Waals surface area contributed by atoms with Gasteiger partial charge in [-0.15, -0.1) is 0 Å². The van der Waals surface area contributed by atoms with Crippen LogP contribution in [0, 0.1) is 5.82 Å². The number of aromatic hydroxyl groups is 1. The van der Waals surface area contributed by atoms with E-state index < -0.39 is 5.82 Å². The summed E-state index contributed by atoms with van der Waals surface area (Å²) in [7, 11) is 1.77. The normalized spacial score (nSPS) is 10.8. The third kappa shape index (κ3) is 2.05. The third-order valence-corrected chi connectivity index (χ3v) is 2.58. The fraction of sp³-hybridized carbons (Fsp3) is 0.0833. The minimum atomic E-state index is -0.534. The van der Waals surface area contributed by atoms with Crippen LogP contribution in [-0.2, 0) is 7.05 Å². The molecular formula is C12H9FN4O2. The van der Waals surface area contributed by atoms with Gasteiger partial charge < -0.3 is 9.63 Å². The zero-order valence-electron chi connectivity index (χ0n) is 9.91. The van der Waals surface area contributed by atoms with Gasteiger partial charge in [0, 0.05) is 19.3 Å². The minimum absolute atomic E-state index is 0.122. The lowest BCUT2D eigenvalue weighted by atomic mass is 10.2. The Hall–Kier alpha value is -2.70. The zero-order chi connectivity index (χ0) is 13.4. The van der Waals surface area contributed by atoms with Crippen molar-refractivity contribution in [2.45, 2.75) is 0 Å². The second kappa shape index (κ2) is 4.20. The number of phenolic OH excluding ortho intramolecular Hbond substituents is 1. The minimum Gasteiger partial charge on any atom is -0.507 e. The Labute approximate surface area is 107 Å². The molecule has 1 aromatic carbocycles. The van der Waals surface area contributed by atoms with Gasteiger partial charge in [0.25, 0.3) is 5.89 Å². The van der Waals surface area contributed by atoms with Crippen molar-refractivity contribution in [3.63, 3.8) is 0 Å². The van der Waals surface area contributed by atoms with E-state index in [0.29, 0.717) is 11.4 Å². The number of benzene rings is 1. The molecule has 0 aliphatic heterocycles. The van der Waals surface area contributed by atoms with Gasteiger partial charge in [0.1, 0.15) is 11.6 Å². The molecule has 0 atom stereocenters. The Morgan fingerprint density at radius 3 is 2.89 bits per heavy atom. The molecule has 3 aromatic rings. The van der Waals surface area contributed by atoms with Crippen LogP contribution in [0.4, 0.5) is 4.39 Å². The Morgan fingerprint density at radius 1 is 1.37 bits per heavy atom. The first-order valence-electron chi connectivity index (χ1n) is 5.45. The van der Waals surface area contributed by atoms with E-state index in [4.69, 9.17) is 4.52 Å². The van der Waals surface area contributed by atoms with E-state index in [1.807, 2.05) is 0 Å². The van der Waals surface area contributed by atoms with Gasteiger partial charge in [-0.25, -0.2) is 4.39 Å². The molecule has 0 saturated heterocycles. The molecule has 0 spiro atoms. The number of aromatic nitrogens is 4. The Balaban J connectivity index is 2.01. The van der Waals surface area contributed by atoms with Crippen molar-refractivity contribution in [2.24, 2.45) is 7.05 Å². The van der Waals surface area contributed by atoms with E-state index in [1.165, 1.54) is 12.1 Å². The summed E-state index contributed by atoms with van der Waals surface area (Å²) in [6.45, 7) is 0. The van der Waals surface area contributed by atoms with Crippen LogP contribution in [0.3, 0.4) is 0 Å². The predicted octanol–water partition coefficient (Wildman–Crippen LogP) is 1.98. The van der Waals surface area contributed by atoms with E-state index in [9.17, 15) is 9.50 Å². The van der Waals surface area contributed by atoms with Gasteiger partial charge in [0.05, 0.1) is 17.3 Å². The molecule has 0 aliphatic rings. The number of phenols is 1. The molecule has 0 fully saturated rings. The zero-order valence-corrected chi connectivity index (χ0v) is 9.91. The monoisotopic (exact) mass is 260 g/mol. The van der Waals surface area contributed by atoms with Gasteiger partial charge in [0.2, 0.25) is 5.82 Å². The predicted molar refractivity (Wildman–Crippen MR) is 63.6 cm³/mol. The maximum atomic E-state index is 12.9. The van der Waals surface area contributed by atoms with Crippen molar-refractivity contribution in [1.82, 2.24) is 19.9 Å². The number of rotatable bonds is 2. The third-order valence-electron chi connectivity index (χ3n) is 2.58. The number of hydrogen-bond donors (Lipinski definition) is 1. The molecule has 0 bridgehead atoms. The smallest absolute Gasteiger partial charge is 0.262 e. The van der Waals surface area contributed by atoms with Crippen molar-refractivity contribution in [3.8, 4) is 28.6 Å². The maximum Gasteiger partial charge on any atom is 0.262 e. The summed E-state index contributed by atoms with van der Waals surface area (Å²) >= 11 is 0. The Morgan fingerprint density at radius 2 is 2.21 bits per heavy atom. The molecule has 96 valence electrons. The average Bonchev–Trinajstić information content (AvgIpc) is 2.97. The van der Waals surface area contributed by atoms with Crippen molar-refractivity contribution in [1.29, 1.82) is 0 Å². The number of nitrogens with zero attached hydrogens (tertiary/aromatic N) is 4. The highest BCUT2D eigenvalue weighted by Gasteiger charge is 2.15. The topological polar surface area (TPSA) is 77.0 Å². The van der Waals surface area contributed by atoms with Crippen molar-refractivity contribution in [2.75, 3.05) is 0 Å². The standard InChI is InChI=1S/C12H9FN4O2/c1-17-6-7(5-14-17)11-15-12(19-16-11)9-3-2-8(13)4-10(9)18/h2-6,18H,1H3. The summed E-state index contributed by atoms with van der Waals surface area (Å²) < 4.78 is 19.6. The van der Waals surface area contributed by atoms with E-state index in [-0.39, 0.29) is 17.2 Å². The van der Waals surface area contributed by atoms with Crippen LogP contribution in [0.15, 0.2) is 35.1 Å². The summed E-state index contributed by atoms with van der Waals surface area (Å²) in [5.41, 5.74) is 0.975. The molecule has 7 heteroatoms. The molecule has 0 aliphatic carbocycles. The summed E-state index contributed by atoms with van der Waals surface area (Å²) in [6.07, 6.45) is 3.33. The quantitative estimate of drug-likeness (QED) is 0.762. The van der Waals surface area contributed by atoms with Gasteiger partial charge in [0.15, 0.2) is 0 Å². The van der Waals surface area contributed by atoms with Gasteiger partial charge in [-0.1, -0.05) is 5.16 Å². The van der Waals surface area contributed by atoms with Crippen molar-refractivity contribution >= 4 is 0 Å². The molecule has 0 saturated carbocycles. The van der Waals surface area contributed by atoms with Crippen LogP contribution in [0.2, 0.25) is 0 Å². The highest BCUT2D eigenvalue weighted by molar-refractivity contribution is 5.64. The van der Waals surface area contributed by atoms with Crippen LogP contribution in [0.5, 0.6) is 5.75 Å². The molecule has 2 aromatic heterocycles. The largest absolute Gasteiger partial charge is 0.507 e. The molecule has 3 rings (SSSR count). The van der Waals surface area contributed by atoms with Crippen LogP contribution < -0.4 is 0 Å². The highest BCUT2D eigenvalue weighted by atomic mass is 19.1. The van der Waals surface area contributed by atoms with Gasteiger partial charge in [-0.05, 0) is 12.1 Å². The number of halogens is 1. The lowest BCUT2D eigenvalue weighted by Crippen LogP contribution is -1.84. The lowest BCUT2D eigenvalue weighted by Gasteiger charge is -1.97. The van der Waals surface area contributed by atoms with Crippen LogP contribution in [0.1, 0.15) is 0 Å². The summed E-state index contributed by atoms with van der Waals surface area (Å²) in [4.78, 5) is 4.14. The lowest BCUT2D eigenvalue weighted by molar-refractivity contribution is 0.425. The average molecular weight is 260 g/mol. The number of aryl methyl sites for hydroxylation is 1. The second-order valence-corrected chi connectivity index (χ2v) is 3.99. The van der Waals surface area contributed by atoms with Crippen molar-refractivity contribution in [3.05, 3.63) is 36.4 Å². The molecule has 0 amide bonds. The van der Waals surface area contributed by atoms with Crippen LogP contribution in [0.25, 0.3) is 22.8 Å². The SMILES string of the molecule is Cn1cc(-c2noc(-c3ccc(F)cc3O)n2)cn1. The first-order chi connectivity index (χ1) is 9.13. The molecule has 1 N–H and O–H groups in total. The molecule has 6 nitrogen and oxygen atoms in total. The van der Waals surface area contributed by atoms with E-state index in [0.717, 1.165) is 6.07 Å². The van der Waals surface area contributed by atoms with Crippen LogP contribution >= 0.6 is 0 Å². The van der Waals surface area contributed by atoms with E-state index >= 15 is 0 Å². The molecule has 0 radical (unpaired) electrons. The summed E-state index contributed by atoms with van der Waals surface area (Å²) in [6, 6.07) is 3.58. The molecule has 19 heavy (non-hydrogen) atoms. The van der Waals surface area contributed by atoms with Crippen LogP contribution in [-0.4, -0.2) is 25.0 Å². The Kier molecular flexibility index (Phi) is 2.52. The first-order valence-corrected chi connectivity index (χ1v) is 5.45. The Bertz CT molecular complexity index is 735. The molecule has 2 heterocycles. The van der Waals surface area contributed by atoms with E-state index in [1.54, 1.807) is 24.1 Å². The second-order valence-electron chi connectivity index (χ2n) is 3.99. The summed E-state index contributed by atoms with van der Waals surface area (Å²) in [5, 5.41) is 17.4. The first kappa shape index (κ1) is 11.4. The highest BCUT2D eigenvalue weighted by Crippen LogP contribution is 2.29. The fourth-order valence-corrected chi connectivity index (χ4v) is 1.67. The number of hydrogen-bond acceptors (Lipinski definition) is 5. The fourth-order valence-electron chi connectivity index (χ4n) is 1.67. The molecule has 0 unspecified atom stereocenters. The maximum absolute atomic E-state index is 12.9. The van der Waals surface area contributed by atoms with Gasteiger partial charge in [-0.2, -0.15) is 10.1 Å². The summed E-state index contributed by atoms with van der Waals surface area (Å²) in [5.74, 6) is -0.308. The van der Waals surface area contributed by atoms with Gasteiger partial charge >= 0.3 is 0 Å². The van der Waals surface area contributed by atoms with Gasteiger partial charge in [-0.3, -0.25) is 4.68 Å².